The average molecular weight is 210 g/mol. The van der Waals surface area contributed by atoms with Gasteiger partial charge in [-0.15, -0.1) is 0 Å². The maximum Gasteiger partial charge on any atom is 0.187 e. The molecule has 5 heteroatoms. The van der Waals surface area contributed by atoms with Crippen LogP contribution >= 0.6 is 11.8 Å². The summed E-state index contributed by atoms with van der Waals surface area (Å²) >= 11 is 1.53. The topological polar surface area (TPSA) is 75.7 Å². The van der Waals surface area contributed by atoms with Gasteiger partial charge >= 0.3 is 0 Å². The zero-order chi connectivity index (χ0) is 10.6. The van der Waals surface area contributed by atoms with E-state index in [-0.39, 0.29) is 5.84 Å². The van der Waals surface area contributed by atoms with Gasteiger partial charge in [0, 0.05) is 23.6 Å². The van der Waals surface area contributed by atoms with Gasteiger partial charge in [-0.3, -0.25) is 5.41 Å². The van der Waals surface area contributed by atoms with Gasteiger partial charge in [0.2, 0.25) is 0 Å². The molecule has 0 bridgehead atoms. The second-order valence-electron chi connectivity index (χ2n) is 3.06. The first-order chi connectivity index (χ1) is 6.58. The van der Waals surface area contributed by atoms with Crippen LogP contribution in [0.2, 0.25) is 0 Å². The molecule has 0 aliphatic heterocycles. The summed E-state index contributed by atoms with van der Waals surface area (Å²) in [5.41, 5.74) is 7.20. The van der Waals surface area contributed by atoms with Gasteiger partial charge in [0.05, 0.1) is 5.84 Å². The minimum atomic E-state index is 0.210. The standard InChI is InChI=1S/C9H14N4S/c1-6-5-7(2)13-9(12-6)14-4-3-8(10)11/h5H,3-4H2,1-2H3,(H3,10,11). The van der Waals surface area contributed by atoms with Crippen molar-refractivity contribution in [3.05, 3.63) is 17.5 Å². The van der Waals surface area contributed by atoms with Crippen LogP contribution in [0.15, 0.2) is 11.2 Å². The molecule has 1 aromatic heterocycles. The van der Waals surface area contributed by atoms with Gasteiger partial charge in [0.25, 0.3) is 0 Å². The molecular formula is C9H14N4S. The van der Waals surface area contributed by atoms with Crippen LogP contribution in [0.1, 0.15) is 17.8 Å². The van der Waals surface area contributed by atoms with Gasteiger partial charge in [-0.2, -0.15) is 0 Å². The van der Waals surface area contributed by atoms with E-state index in [1.165, 1.54) is 11.8 Å². The summed E-state index contributed by atoms with van der Waals surface area (Å²) in [6.07, 6.45) is 0.584. The number of nitrogens with two attached hydrogens (primary N) is 1. The summed E-state index contributed by atoms with van der Waals surface area (Å²) in [6, 6.07) is 1.94. The van der Waals surface area contributed by atoms with Crippen molar-refractivity contribution < 1.29 is 0 Å². The lowest BCUT2D eigenvalue weighted by molar-refractivity contribution is 0.901. The van der Waals surface area contributed by atoms with Crippen LogP contribution in [-0.4, -0.2) is 21.6 Å². The monoisotopic (exact) mass is 210 g/mol. The molecule has 0 aliphatic carbocycles. The Morgan fingerprint density at radius 2 is 2.00 bits per heavy atom. The summed E-state index contributed by atoms with van der Waals surface area (Å²) in [4.78, 5) is 8.54. The average Bonchev–Trinajstić information content (AvgIpc) is 2.01. The Labute approximate surface area is 87.8 Å². The number of aromatic nitrogens is 2. The fourth-order valence-electron chi connectivity index (χ4n) is 1.01. The molecule has 0 fully saturated rings. The summed E-state index contributed by atoms with van der Waals surface area (Å²) in [5, 5.41) is 7.84. The highest BCUT2D eigenvalue weighted by Crippen LogP contribution is 2.14. The quantitative estimate of drug-likeness (QED) is 0.342. The SMILES string of the molecule is Cc1cc(C)nc(SCCC(=N)N)n1. The van der Waals surface area contributed by atoms with E-state index in [2.05, 4.69) is 9.97 Å². The Bertz CT molecular complexity index is 317. The number of hydrogen-bond acceptors (Lipinski definition) is 4. The predicted molar refractivity (Wildman–Crippen MR) is 58.8 cm³/mol. The third-order valence-corrected chi connectivity index (χ3v) is 2.41. The van der Waals surface area contributed by atoms with Crippen LogP contribution < -0.4 is 5.73 Å². The lowest BCUT2D eigenvalue weighted by atomic mass is 10.4. The third-order valence-electron chi connectivity index (χ3n) is 1.56. The van der Waals surface area contributed by atoms with Crippen LogP contribution in [-0.2, 0) is 0 Å². The first-order valence-electron chi connectivity index (χ1n) is 4.36. The number of rotatable bonds is 4. The maximum absolute atomic E-state index is 7.07. The number of amidine groups is 1. The molecule has 1 rings (SSSR count). The fraction of sp³-hybridized carbons (Fsp3) is 0.444. The van der Waals surface area contributed by atoms with Crippen molar-refractivity contribution in [3.63, 3.8) is 0 Å². The minimum absolute atomic E-state index is 0.210. The van der Waals surface area contributed by atoms with E-state index in [1.807, 2.05) is 19.9 Å². The lowest BCUT2D eigenvalue weighted by Gasteiger charge is -2.01. The zero-order valence-electron chi connectivity index (χ0n) is 8.37. The molecule has 14 heavy (non-hydrogen) atoms. The summed E-state index contributed by atoms with van der Waals surface area (Å²) in [6.45, 7) is 3.90. The number of thioether (sulfide) groups is 1. The van der Waals surface area contributed by atoms with Crippen molar-refractivity contribution in [3.8, 4) is 0 Å². The first-order valence-corrected chi connectivity index (χ1v) is 5.34. The molecule has 1 aromatic rings. The molecule has 0 radical (unpaired) electrons. The molecule has 0 saturated heterocycles. The second-order valence-corrected chi connectivity index (χ2v) is 4.12. The van der Waals surface area contributed by atoms with Crippen LogP contribution in [0.25, 0.3) is 0 Å². The number of nitrogens with zero attached hydrogens (tertiary/aromatic N) is 2. The molecular weight excluding hydrogens is 196 g/mol. The van der Waals surface area contributed by atoms with Gasteiger partial charge in [0.15, 0.2) is 5.16 Å². The van der Waals surface area contributed by atoms with E-state index >= 15 is 0 Å². The van der Waals surface area contributed by atoms with Crippen LogP contribution in [0.5, 0.6) is 0 Å². The van der Waals surface area contributed by atoms with Crippen molar-refractivity contribution in [1.29, 1.82) is 5.41 Å². The van der Waals surface area contributed by atoms with Gasteiger partial charge in [-0.25, -0.2) is 9.97 Å². The second kappa shape index (κ2) is 4.95. The predicted octanol–water partition coefficient (Wildman–Crippen LogP) is 1.51. The van der Waals surface area contributed by atoms with E-state index in [0.29, 0.717) is 6.42 Å². The van der Waals surface area contributed by atoms with E-state index < -0.39 is 0 Å². The Hall–Kier alpha value is -1.10. The molecule has 0 atom stereocenters. The van der Waals surface area contributed by atoms with Crippen molar-refractivity contribution in [2.75, 3.05) is 5.75 Å². The normalized spacial score (nSPS) is 10.1. The molecule has 0 saturated carbocycles. The maximum atomic E-state index is 7.07. The molecule has 0 aromatic carbocycles. The highest BCUT2D eigenvalue weighted by Gasteiger charge is 2.00. The molecule has 0 aliphatic rings. The third kappa shape index (κ3) is 3.74. The summed E-state index contributed by atoms with van der Waals surface area (Å²) < 4.78 is 0. The molecule has 3 N–H and O–H groups in total. The smallest absolute Gasteiger partial charge is 0.187 e. The van der Waals surface area contributed by atoms with Crippen molar-refractivity contribution >= 4 is 17.6 Å². The van der Waals surface area contributed by atoms with Crippen molar-refractivity contribution in [2.45, 2.75) is 25.4 Å². The molecule has 1 heterocycles. The fourth-order valence-corrected chi connectivity index (χ4v) is 1.93. The van der Waals surface area contributed by atoms with E-state index in [9.17, 15) is 0 Å². The zero-order valence-corrected chi connectivity index (χ0v) is 9.19. The molecule has 0 unspecified atom stereocenters. The number of nitrogens with one attached hydrogen (secondary N) is 1. The van der Waals surface area contributed by atoms with Crippen molar-refractivity contribution in [1.82, 2.24) is 9.97 Å². The largest absolute Gasteiger partial charge is 0.388 e. The highest BCUT2D eigenvalue weighted by atomic mass is 32.2. The highest BCUT2D eigenvalue weighted by molar-refractivity contribution is 7.99. The summed E-state index contributed by atoms with van der Waals surface area (Å²) in [7, 11) is 0. The minimum Gasteiger partial charge on any atom is -0.388 e. The van der Waals surface area contributed by atoms with Gasteiger partial charge in [-0.1, -0.05) is 11.8 Å². The Morgan fingerprint density at radius 1 is 1.43 bits per heavy atom. The Morgan fingerprint density at radius 3 is 2.50 bits per heavy atom. The molecule has 4 nitrogen and oxygen atoms in total. The van der Waals surface area contributed by atoms with Crippen LogP contribution in [0.3, 0.4) is 0 Å². The molecule has 76 valence electrons. The van der Waals surface area contributed by atoms with E-state index in [4.69, 9.17) is 11.1 Å². The van der Waals surface area contributed by atoms with Crippen LogP contribution in [0.4, 0.5) is 0 Å². The first kappa shape index (κ1) is 11.0. The van der Waals surface area contributed by atoms with Gasteiger partial charge in [-0.05, 0) is 19.9 Å². The van der Waals surface area contributed by atoms with E-state index in [1.54, 1.807) is 0 Å². The Kier molecular flexibility index (Phi) is 3.88. The van der Waals surface area contributed by atoms with Crippen molar-refractivity contribution in [2.24, 2.45) is 5.73 Å². The Balaban J connectivity index is 2.54. The van der Waals surface area contributed by atoms with Gasteiger partial charge < -0.3 is 5.73 Å². The summed E-state index contributed by atoms with van der Waals surface area (Å²) in [5.74, 6) is 0.972. The van der Waals surface area contributed by atoms with Crippen LogP contribution in [0, 0.1) is 19.3 Å². The number of hydrogen-bond donors (Lipinski definition) is 2. The van der Waals surface area contributed by atoms with Gasteiger partial charge in [0.1, 0.15) is 0 Å². The van der Waals surface area contributed by atoms with E-state index in [0.717, 1.165) is 22.3 Å². The molecule has 0 amide bonds. The number of aryl methyl sites for hydroxylation is 2. The lowest BCUT2D eigenvalue weighted by Crippen LogP contribution is -2.10. The molecule has 0 spiro atoms.